The summed E-state index contributed by atoms with van der Waals surface area (Å²) >= 11 is 0. The van der Waals surface area contributed by atoms with Crippen LogP contribution < -0.4 is 10.1 Å². The molecule has 1 N–H and O–H groups in total. The minimum absolute atomic E-state index is 0.0647. The van der Waals surface area contributed by atoms with Crippen molar-refractivity contribution in [3.05, 3.63) is 29.3 Å². The Hall–Kier alpha value is -2.35. The SMILES string of the molecule is COc1ccc2c(c1)CCCC2CC(=O)C(C#N)C(=O)NC(C)C. The number of ether oxygens (including phenoxy) is 1. The summed E-state index contributed by atoms with van der Waals surface area (Å²) in [6, 6.07) is 7.68. The predicted molar refractivity (Wildman–Crippen MR) is 90.7 cm³/mol. The van der Waals surface area contributed by atoms with E-state index in [9.17, 15) is 14.9 Å². The van der Waals surface area contributed by atoms with Crippen LogP contribution in [0.15, 0.2) is 18.2 Å². The van der Waals surface area contributed by atoms with Gasteiger partial charge in [-0.25, -0.2) is 0 Å². The van der Waals surface area contributed by atoms with Gasteiger partial charge in [-0.15, -0.1) is 0 Å². The molecule has 1 amide bonds. The Kier molecular flexibility index (Phi) is 5.97. The van der Waals surface area contributed by atoms with Crippen LogP contribution in [0.4, 0.5) is 0 Å². The molecule has 128 valence electrons. The van der Waals surface area contributed by atoms with Crippen molar-refractivity contribution in [2.24, 2.45) is 5.92 Å². The second-order valence-corrected chi connectivity index (χ2v) is 6.55. The van der Waals surface area contributed by atoms with Crippen LogP contribution in [-0.4, -0.2) is 24.8 Å². The van der Waals surface area contributed by atoms with E-state index in [0.717, 1.165) is 30.6 Å². The van der Waals surface area contributed by atoms with Crippen molar-refractivity contribution in [2.45, 2.75) is 51.5 Å². The maximum Gasteiger partial charge on any atom is 0.245 e. The molecule has 0 aromatic heterocycles. The molecule has 0 heterocycles. The Morgan fingerprint density at radius 1 is 1.42 bits per heavy atom. The number of carbonyl (C=O) groups excluding carboxylic acids is 2. The number of nitrogens with one attached hydrogen (secondary N) is 1. The number of methoxy groups -OCH3 is 1. The summed E-state index contributed by atoms with van der Waals surface area (Å²) in [7, 11) is 1.64. The zero-order valence-corrected chi connectivity index (χ0v) is 14.5. The molecular formula is C19H24N2O3. The predicted octanol–water partition coefficient (Wildman–Crippen LogP) is 2.74. The van der Waals surface area contributed by atoms with Gasteiger partial charge in [0.15, 0.2) is 11.7 Å². The molecular weight excluding hydrogens is 304 g/mol. The fourth-order valence-electron chi connectivity index (χ4n) is 3.24. The number of carbonyl (C=O) groups is 2. The van der Waals surface area contributed by atoms with E-state index in [0.29, 0.717) is 0 Å². The minimum Gasteiger partial charge on any atom is -0.497 e. The Bertz CT molecular complexity index is 661. The van der Waals surface area contributed by atoms with E-state index in [1.807, 2.05) is 38.1 Å². The fraction of sp³-hybridized carbons (Fsp3) is 0.526. The highest BCUT2D eigenvalue weighted by Gasteiger charge is 2.31. The fourth-order valence-corrected chi connectivity index (χ4v) is 3.24. The van der Waals surface area contributed by atoms with Crippen LogP contribution in [0.25, 0.3) is 0 Å². The third kappa shape index (κ3) is 4.14. The first-order valence-electron chi connectivity index (χ1n) is 8.35. The highest BCUT2D eigenvalue weighted by molar-refractivity contribution is 6.04. The number of fused-ring (bicyclic) bond motifs is 1. The number of rotatable bonds is 6. The summed E-state index contributed by atoms with van der Waals surface area (Å²) in [6.07, 6.45) is 3.08. The van der Waals surface area contributed by atoms with Crippen molar-refractivity contribution in [3.8, 4) is 11.8 Å². The molecule has 5 nitrogen and oxygen atoms in total. The van der Waals surface area contributed by atoms with Crippen LogP contribution in [0, 0.1) is 17.2 Å². The van der Waals surface area contributed by atoms with Crippen molar-refractivity contribution in [1.29, 1.82) is 5.26 Å². The third-order valence-corrected chi connectivity index (χ3v) is 4.38. The molecule has 0 bridgehead atoms. The molecule has 1 aliphatic rings. The quantitative estimate of drug-likeness (QED) is 0.814. The largest absolute Gasteiger partial charge is 0.497 e. The van der Waals surface area contributed by atoms with Gasteiger partial charge in [0.1, 0.15) is 5.75 Å². The third-order valence-electron chi connectivity index (χ3n) is 4.38. The number of nitrogens with zero attached hydrogens (tertiary/aromatic N) is 1. The minimum atomic E-state index is -1.23. The molecule has 1 aromatic rings. The monoisotopic (exact) mass is 328 g/mol. The maximum absolute atomic E-state index is 12.5. The lowest BCUT2D eigenvalue weighted by Crippen LogP contribution is -2.38. The molecule has 2 atom stereocenters. The summed E-state index contributed by atoms with van der Waals surface area (Å²) < 4.78 is 5.26. The van der Waals surface area contributed by atoms with E-state index >= 15 is 0 Å². The number of nitriles is 1. The molecule has 1 aliphatic carbocycles. The second-order valence-electron chi connectivity index (χ2n) is 6.55. The number of aryl methyl sites for hydroxylation is 1. The van der Waals surface area contributed by atoms with Gasteiger partial charge in [-0.1, -0.05) is 6.07 Å². The standard InChI is InChI=1S/C19H24N2O3/c1-12(2)21-19(23)17(11-20)18(22)10-14-6-4-5-13-9-15(24-3)7-8-16(13)14/h7-9,12,14,17H,4-6,10H2,1-3H3,(H,21,23). The van der Waals surface area contributed by atoms with Gasteiger partial charge in [0.2, 0.25) is 5.91 Å². The molecule has 2 unspecified atom stereocenters. The number of amides is 1. The van der Waals surface area contributed by atoms with E-state index in [-0.39, 0.29) is 24.2 Å². The number of benzene rings is 1. The van der Waals surface area contributed by atoms with E-state index < -0.39 is 11.8 Å². The summed E-state index contributed by atoms with van der Waals surface area (Å²) in [5.74, 6) is -1.15. The average molecular weight is 328 g/mol. The molecule has 0 fully saturated rings. The van der Waals surface area contributed by atoms with Crippen molar-refractivity contribution >= 4 is 11.7 Å². The average Bonchev–Trinajstić information content (AvgIpc) is 2.54. The van der Waals surface area contributed by atoms with Gasteiger partial charge < -0.3 is 10.1 Å². The molecule has 0 aliphatic heterocycles. The van der Waals surface area contributed by atoms with Gasteiger partial charge >= 0.3 is 0 Å². The van der Waals surface area contributed by atoms with Gasteiger partial charge in [0.05, 0.1) is 13.2 Å². The van der Waals surface area contributed by atoms with Crippen LogP contribution >= 0.6 is 0 Å². The van der Waals surface area contributed by atoms with Crippen molar-refractivity contribution in [2.75, 3.05) is 7.11 Å². The maximum atomic E-state index is 12.5. The molecule has 1 aromatic carbocycles. The first kappa shape index (κ1) is 18.0. The molecule has 24 heavy (non-hydrogen) atoms. The van der Waals surface area contributed by atoms with Crippen LogP contribution in [0.5, 0.6) is 5.75 Å². The normalized spacial score (nSPS) is 17.5. The highest BCUT2D eigenvalue weighted by Crippen LogP contribution is 2.36. The number of ketones is 1. The molecule has 2 rings (SSSR count). The van der Waals surface area contributed by atoms with Gasteiger partial charge in [-0.05, 0) is 62.3 Å². The van der Waals surface area contributed by atoms with Crippen molar-refractivity contribution < 1.29 is 14.3 Å². The number of hydrogen-bond donors (Lipinski definition) is 1. The van der Waals surface area contributed by atoms with Crippen LogP contribution in [0.2, 0.25) is 0 Å². The highest BCUT2D eigenvalue weighted by atomic mass is 16.5. The first-order valence-corrected chi connectivity index (χ1v) is 8.35. The lowest BCUT2D eigenvalue weighted by atomic mass is 9.79. The zero-order chi connectivity index (χ0) is 17.7. The molecule has 5 heteroatoms. The van der Waals surface area contributed by atoms with E-state index in [4.69, 9.17) is 4.74 Å². The topological polar surface area (TPSA) is 79.2 Å². The van der Waals surface area contributed by atoms with Gasteiger partial charge in [0, 0.05) is 12.5 Å². The van der Waals surface area contributed by atoms with Crippen LogP contribution in [0.3, 0.4) is 0 Å². The lowest BCUT2D eigenvalue weighted by Gasteiger charge is -2.26. The Morgan fingerprint density at radius 3 is 2.79 bits per heavy atom. The Balaban J connectivity index is 2.13. The molecule has 0 spiro atoms. The molecule has 0 radical (unpaired) electrons. The smallest absolute Gasteiger partial charge is 0.245 e. The molecule has 0 saturated carbocycles. The van der Waals surface area contributed by atoms with E-state index in [1.54, 1.807) is 7.11 Å². The molecule has 0 saturated heterocycles. The number of Topliss-reactive ketones (excluding diaryl/α,β-unsaturated/α-hetero) is 1. The van der Waals surface area contributed by atoms with Gasteiger partial charge in [0.25, 0.3) is 0 Å². The Labute approximate surface area is 143 Å². The second kappa shape index (κ2) is 7.96. The summed E-state index contributed by atoms with van der Waals surface area (Å²) in [4.78, 5) is 24.5. The first-order chi connectivity index (χ1) is 11.5. The Morgan fingerprint density at radius 2 is 2.17 bits per heavy atom. The van der Waals surface area contributed by atoms with Crippen molar-refractivity contribution in [3.63, 3.8) is 0 Å². The van der Waals surface area contributed by atoms with Crippen molar-refractivity contribution in [1.82, 2.24) is 5.32 Å². The lowest BCUT2D eigenvalue weighted by molar-refractivity contribution is -0.132. The van der Waals surface area contributed by atoms with Gasteiger partial charge in [-0.2, -0.15) is 5.26 Å². The van der Waals surface area contributed by atoms with Gasteiger partial charge in [-0.3, -0.25) is 9.59 Å². The summed E-state index contributed by atoms with van der Waals surface area (Å²) in [6.45, 7) is 3.61. The van der Waals surface area contributed by atoms with Crippen LogP contribution in [0.1, 0.15) is 50.2 Å². The number of hydrogen-bond acceptors (Lipinski definition) is 4. The zero-order valence-electron chi connectivity index (χ0n) is 14.5. The van der Waals surface area contributed by atoms with E-state index in [1.165, 1.54) is 5.56 Å². The summed E-state index contributed by atoms with van der Waals surface area (Å²) in [5.41, 5.74) is 2.33. The van der Waals surface area contributed by atoms with Crippen LogP contribution in [-0.2, 0) is 16.0 Å². The van der Waals surface area contributed by atoms with E-state index in [2.05, 4.69) is 5.32 Å². The summed E-state index contributed by atoms with van der Waals surface area (Å²) in [5, 5.41) is 11.9.